The molecule has 3 aromatic carbocycles. The normalized spacial score (nSPS) is 22.1. The van der Waals surface area contributed by atoms with Crippen molar-refractivity contribution in [3.8, 4) is 5.75 Å². The Morgan fingerprint density at radius 2 is 1.75 bits per heavy atom. The highest BCUT2D eigenvalue weighted by molar-refractivity contribution is 6.09. The lowest BCUT2D eigenvalue weighted by molar-refractivity contribution is 0.0647. The number of fused-ring (bicyclic) bond motifs is 4. The second kappa shape index (κ2) is 8.36. The Morgan fingerprint density at radius 3 is 2.53 bits per heavy atom. The topological polar surface area (TPSA) is 45.1 Å². The molecule has 3 aliphatic heterocycles. The Labute approximate surface area is 213 Å². The molecule has 36 heavy (non-hydrogen) atoms. The third-order valence-electron chi connectivity index (χ3n) is 8.19. The number of para-hydroxylation sites is 1. The predicted molar refractivity (Wildman–Crippen MR) is 147 cm³/mol. The van der Waals surface area contributed by atoms with Crippen LogP contribution in [0.2, 0.25) is 0 Å². The summed E-state index contributed by atoms with van der Waals surface area (Å²) in [6.07, 6.45) is 5.28. The van der Waals surface area contributed by atoms with Crippen LogP contribution in [0.1, 0.15) is 62.9 Å². The Morgan fingerprint density at radius 1 is 1.03 bits per heavy atom. The van der Waals surface area contributed by atoms with E-state index in [1.165, 1.54) is 17.7 Å². The minimum atomic E-state index is -0.826. The van der Waals surface area contributed by atoms with Crippen molar-refractivity contribution >= 4 is 34.3 Å². The number of nitrogens with zero attached hydrogens (tertiary/aromatic N) is 3. The summed E-state index contributed by atoms with van der Waals surface area (Å²) in [6, 6.07) is 18.8. The van der Waals surface area contributed by atoms with Gasteiger partial charge in [-0.05, 0) is 62.1 Å². The predicted octanol–water partition coefficient (Wildman–Crippen LogP) is 6.71. The molecular weight excluding hydrogens is 446 g/mol. The first-order valence-electron chi connectivity index (χ1n) is 13.3. The van der Waals surface area contributed by atoms with Crippen LogP contribution in [0.15, 0.2) is 59.6 Å². The van der Waals surface area contributed by atoms with E-state index < -0.39 is 5.72 Å². The Balaban J connectivity index is 1.56. The van der Waals surface area contributed by atoms with E-state index in [9.17, 15) is 4.79 Å². The molecule has 5 heteroatoms. The van der Waals surface area contributed by atoms with E-state index >= 15 is 0 Å². The summed E-state index contributed by atoms with van der Waals surface area (Å²) in [5, 5.41) is 2.03. The van der Waals surface area contributed by atoms with E-state index in [-0.39, 0.29) is 11.3 Å². The lowest BCUT2D eigenvalue weighted by Crippen LogP contribution is -2.63. The summed E-state index contributed by atoms with van der Waals surface area (Å²) >= 11 is 0. The number of aliphatic imine (C=N–C) groups is 1. The van der Waals surface area contributed by atoms with Crippen molar-refractivity contribution in [1.29, 1.82) is 0 Å². The van der Waals surface area contributed by atoms with Crippen molar-refractivity contribution in [1.82, 2.24) is 4.90 Å². The summed E-state index contributed by atoms with van der Waals surface area (Å²) in [5.41, 5.74) is 2.60. The van der Waals surface area contributed by atoms with Crippen molar-refractivity contribution in [2.45, 2.75) is 58.1 Å². The van der Waals surface area contributed by atoms with Gasteiger partial charge in [-0.2, -0.15) is 0 Å². The number of hydrogen-bond donors (Lipinski definition) is 0. The maximum atomic E-state index is 13.9. The molecule has 1 unspecified atom stereocenters. The zero-order valence-corrected chi connectivity index (χ0v) is 21.8. The fourth-order valence-electron chi connectivity index (χ4n) is 6.26. The van der Waals surface area contributed by atoms with E-state index in [1.807, 2.05) is 29.3 Å². The van der Waals surface area contributed by atoms with Gasteiger partial charge in [-0.15, -0.1) is 0 Å². The highest BCUT2D eigenvalue weighted by atomic mass is 16.5. The van der Waals surface area contributed by atoms with Crippen LogP contribution in [0.25, 0.3) is 10.8 Å². The number of rotatable bonds is 3. The highest BCUT2D eigenvalue weighted by Gasteiger charge is 2.60. The molecule has 0 radical (unpaired) electrons. The van der Waals surface area contributed by atoms with Gasteiger partial charge in [0, 0.05) is 30.7 Å². The van der Waals surface area contributed by atoms with Crippen LogP contribution in [0, 0.1) is 5.92 Å². The van der Waals surface area contributed by atoms with Crippen LogP contribution in [-0.4, -0.2) is 42.4 Å². The summed E-state index contributed by atoms with van der Waals surface area (Å²) in [6.45, 7) is 11.3. The summed E-state index contributed by atoms with van der Waals surface area (Å²) in [4.78, 5) is 23.4. The molecular formula is C31H35N3O2. The second-order valence-corrected chi connectivity index (χ2v) is 11.4. The lowest BCUT2D eigenvalue weighted by Gasteiger charge is -2.47. The van der Waals surface area contributed by atoms with E-state index in [0.717, 1.165) is 48.9 Å². The van der Waals surface area contributed by atoms with E-state index in [1.54, 1.807) is 0 Å². The van der Waals surface area contributed by atoms with Gasteiger partial charge >= 0.3 is 0 Å². The SMILES string of the molecule is CC(C)CN1c2ccccc2C(C)(C)C12C=Nc1c(c(C(=O)N3CCCCC3)cc3ccccc13)O2. The monoisotopic (exact) mass is 481 g/mol. The molecule has 0 N–H and O–H groups in total. The third-order valence-corrected chi connectivity index (χ3v) is 8.19. The molecule has 5 nitrogen and oxygen atoms in total. The van der Waals surface area contributed by atoms with Crippen LogP contribution in [0.3, 0.4) is 0 Å². The number of anilines is 1. The van der Waals surface area contributed by atoms with Crippen LogP contribution in [0.5, 0.6) is 5.75 Å². The minimum absolute atomic E-state index is 0.0488. The first-order chi connectivity index (χ1) is 17.3. The highest BCUT2D eigenvalue weighted by Crippen LogP contribution is 2.55. The molecule has 0 bridgehead atoms. The van der Waals surface area contributed by atoms with Gasteiger partial charge in [0.05, 0.1) is 17.2 Å². The number of amides is 1. The molecule has 3 aromatic rings. The molecule has 1 spiro atoms. The molecule has 6 rings (SSSR count). The molecule has 3 aliphatic rings. The maximum Gasteiger partial charge on any atom is 0.257 e. The van der Waals surface area contributed by atoms with E-state index in [4.69, 9.17) is 9.73 Å². The van der Waals surface area contributed by atoms with Crippen LogP contribution in [0.4, 0.5) is 11.4 Å². The largest absolute Gasteiger partial charge is 0.459 e. The maximum absolute atomic E-state index is 13.9. The summed E-state index contributed by atoms with van der Waals surface area (Å²) < 4.78 is 7.17. The number of carbonyl (C=O) groups excluding carboxylic acids is 1. The fraction of sp³-hybridized carbons (Fsp3) is 0.419. The zero-order chi connectivity index (χ0) is 25.1. The van der Waals surface area contributed by atoms with Crippen LogP contribution in [-0.2, 0) is 5.41 Å². The van der Waals surface area contributed by atoms with Gasteiger partial charge in [-0.3, -0.25) is 9.79 Å². The Kier molecular flexibility index (Phi) is 5.36. The number of ether oxygens (including phenoxy) is 1. The van der Waals surface area contributed by atoms with Gasteiger partial charge in [0.25, 0.3) is 5.91 Å². The van der Waals surface area contributed by atoms with Gasteiger partial charge in [-0.25, -0.2) is 0 Å². The molecule has 1 amide bonds. The van der Waals surface area contributed by atoms with Crippen molar-refractivity contribution < 1.29 is 9.53 Å². The number of benzene rings is 3. The molecule has 0 aromatic heterocycles. The lowest BCUT2D eigenvalue weighted by atomic mass is 9.77. The molecule has 1 saturated heterocycles. The first-order valence-corrected chi connectivity index (χ1v) is 13.3. The Hall–Kier alpha value is -3.34. The molecule has 1 fully saturated rings. The number of piperidine rings is 1. The van der Waals surface area contributed by atoms with Crippen molar-refractivity contribution in [3.05, 3.63) is 65.7 Å². The first kappa shape index (κ1) is 23.1. The summed E-state index contributed by atoms with van der Waals surface area (Å²) in [7, 11) is 0. The van der Waals surface area contributed by atoms with Crippen LogP contribution < -0.4 is 9.64 Å². The molecule has 3 heterocycles. The molecule has 0 aliphatic carbocycles. The third kappa shape index (κ3) is 3.28. The van der Waals surface area contributed by atoms with Crippen molar-refractivity contribution in [3.63, 3.8) is 0 Å². The van der Waals surface area contributed by atoms with E-state index in [0.29, 0.717) is 17.2 Å². The standard InChI is InChI=1S/C31H35N3O2/c1-21(2)19-34-26-15-9-8-14-25(26)30(3,4)31(34)20-32-27-23-13-7-6-12-22(23)18-24(28(27)36-31)29(35)33-16-10-5-11-17-33/h6-9,12-15,18,20-21H,5,10-11,16-17,19H2,1-4H3. The number of hydrogen-bond acceptors (Lipinski definition) is 4. The van der Waals surface area contributed by atoms with E-state index in [2.05, 4.69) is 69.0 Å². The van der Waals surface area contributed by atoms with Gasteiger partial charge < -0.3 is 14.5 Å². The number of carbonyl (C=O) groups is 1. The quantitative estimate of drug-likeness (QED) is 0.418. The minimum Gasteiger partial charge on any atom is -0.459 e. The molecule has 186 valence electrons. The van der Waals surface area contributed by atoms with Gasteiger partial charge in [0.15, 0.2) is 5.75 Å². The molecule has 1 atom stereocenters. The van der Waals surface area contributed by atoms with Gasteiger partial charge in [-0.1, -0.05) is 56.3 Å². The van der Waals surface area contributed by atoms with Crippen LogP contribution >= 0.6 is 0 Å². The van der Waals surface area contributed by atoms with Crippen molar-refractivity contribution in [2.24, 2.45) is 10.9 Å². The summed E-state index contributed by atoms with van der Waals surface area (Å²) in [5.74, 6) is 1.09. The molecule has 0 saturated carbocycles. The average Bonchev–Trinajstić information content (AvgIpc) is 3.06. The smallest absolute Gasteiger partial charge is 0.257 e. The second-order valence-electron chi connectivity index (χ2n) is 11.4. The van der Waals surface area contributed by atoms with Gasteiger partial charge in [0.2, 0.25) is 5.72 Å². The van der Waals surface area contributed by atoms with Gasteiger partial charge in [0.1, 0.15) is 5.69 Å². The average molecular weight is 482 g/mol. The van der Waals surface area contributed by atoms with Crippen molar-refractivity contribution in [2.75, 3.05) is 24.5 Å². The fourth-order valence-corrected chi connectivity index (χ4v) is 6.26. The number of likely N-dealkylation sites (tertiary alicyclic amines) is 1. The zero-order valence-electron chi connectivity index (χ0n) is 21.8. The Bertz CT molecular complexity index is 1370.